The van der Waals surface area contributed by atoms with Crippen LogP contribution in [0.2, 0.25) is 0 Å². The van der Waals surface area contributed by atoms with Crippen LogP contribution in [-0.4, -0.2) is 19.6 Å². The lowest BCUT2D eigenvalue weighted by Gasteiger charge is -2.16. The lowest BCUT2D eigenvalue weighted by atomic mass is 9.93. The highest BCUT2D eigenvalue weighted by Gasteiger charge is 2.36. The van der Waals surface area contributed by atoms with Crippen LogP contribution in [0.1, 0.15) is 29.9 Å². The fourth-order valence-electron chi connectivity index (χ4n) is 3.00. The first-order valence-electron chi connectivity index (χ1n) is 8.23. The van der Waals surface area contributed by atoms with Crippen molar-refractivity contribution in [2.45, 2.75) is 25.2 Å². The van der Waals surface area contributed by atoms with Crippen LogP contribution >= 0.6 is 0 Å². The predicted octanol–water partition coefficient (Wildman–Crippen LogP) is 3.55. The maximum absolute atomic E-state index is 12.6. The van der Waals surface area contributed by atoms with Gasteiger partial charge in [-0.15, -0.1) is 0 Å². The number of carbonyl (C=O) groups is 1. The highest BCUT2D eigenvalue weighted by molar-refractivity contribution is 5.84. The van der Waals surface area contributed by atoms with Crippen LogP contribution in [0.25, 0.3) is 0 Å². The van der Waals surface area contributed by atoms with Crippen molar-refractivity contribution in [3.05, 3.63) is 65.7 Å². The highest BCUT2D eigenvalue weighted by atomic mass is 16.5. The lowest BCUT2D eigenvalue weighted by molar-refractivity contribution is -0.123. The molecule has 0 aliphatic heterocycles. The second-order valence-electron chi connectivity index (χ2n) is 6.12. The standard InChI is InChI=1S/C20H23NO2/c1-23-18-9-5-6-15(14-18)12-13-21-20(22)19(17-10-11-17)16-7-3-2-4-8-16/h2-9,14,17,19H,10-13H2,1H3,(H,21,22). The Morgan fingerprint density at radius 1 is 1.17 bits per heavy atom. The molecule has 120 valence electrons. The molecule has 3 heteroatoms. The zero-order valence-corrected chi connectivity index (χ0v) is 13.5. The van der Waals surface area contributed by atoms with Crippen LogP contribution < -0.4 is 10.1 Å². The Labute approximate surface area is 137 Å². The Hall–Kier alpha value is -2.29. The molecule has 1 amide bonds. The van der Waals surface area contributed by atoms with Crippen LogP contribution in [0.4, 0.5) is 0 Å². The maximum atomic E-state index is 12.6. The summed E-state index contributed by atoms with van der Waals surface area (Å²) in [4.78, 5) is 12.6. The van der Waals surface area contributed by atoms with E-state index in [4.69, 9.17) is 4.74 Å². The quantitative estimate of drug-likeness (QED) is 0.849. The molecule has 1 unspecified atom stereocenters. The molecule has 3 rings (SSSR count). The van der Waals surface area contributed by atoms with E-state index >= 15 is 0 Å². The van der Waals surface area contributed by atoms with Gasteiger partial charge in [0.2, 0.25) is 5.91 Å². The predicted molar refractivity (Wildman–Crippen MR) is 91.6 cm³/mol. The zero-order valence-electron chi connectivity index (χ0n) is 13.5. The van der Waals surface area contributed by atoms with Gasteiger partial charge in [0.05, 0.1) is 13.0 Å². The molecule has 0 aromatic heterocycles. The van der Waals surface area contributed by atoms with Crippen molar-refractivity contribution in [3.63, 3.8) is 0 Å². The van der Waals surface area contributed by atoms with E-state index in [9.17, 15) is 4.79 Å². The van der Waals surface area contributed by atoms with Gasteiger partial charge in [0.15, 0.2) is 0 Å². The van der Waals surface area contributed by atoms with Crippen LogP contribution in [-0.2, 0) is 11.2 Å². The van der Waals surface area contributed by atoms with Gasteiger partial charge in [0.25, 0.3) is 0 Å². The molecule has 0 bridgehead atoms. The van der Waals surface area contributed by atoms with Crippen molar-refractivity contribution in [3.8, 4) is 5.75 Å². The largest absolute Gasteiger partial charge is 0.497 e. The summed E-state index contributed by atoms with van der Waals surface area (Å²) in [6, 6.07) is 18.1. The summed E-state index contributed by atoms with van der Waals surface area (Å²) < 4.78 is 5.23. The molecule has 2 aromatic rings. The van der Waals surface area contributed by atoms with E-state index in [1.807, 2.05) is 36.4 Å². The molecule has 0 saturated heterocycles. The topological polar surface area (TPSA) is 38.3 Å². The van der Waals surface area contributed by atoms with E-state index in [-0.39, 0.29) is 11.8 Å². The summed E-state index contributed by atoms with van der Waals surface area (Å²) in [5.74, 6) is 1.52. The number of benzene rings is 2. The van der Waals surface area contributed by atoms with E-state index in [1.54, 1.807) is 7.11 Å². The van der Waals surface area contributed by atoms with Gasteiger partial charge >= 0.3 is 0 Å². The monoisotopic (exact) mass is 309 g/mol. The SMILES string of the molecule is COc1cccc(CCNC(=O)C(c2ccccc2)C2CC2)c1. The van der Waals surface area contributed by atoms with Gasteiger partial charge in [-0.1, -0.05) is 42.5 Å². The molecule has 0 heterocycles. The Morgan fingerprint density at radius 2 is 1.96 bits per heavy atom. The summed E-state index contributed by atoms with van der Waals surface area (Å²) in [7, 11) is 1.67. The van der Waals surface area contributed by atoms with Gasteiger partial charge in [-0.05, 0) is 48.4 Å². The third-order valence-electron chi connectivity index (χ3n) is 4.38. The third-order valence-corrected chi connectivity index (χ3v) is 4.38. The van der Waals surface area contributed by atoms with Gasteiger partial charge in [-0.25, -0.2) is 0 Å². The molecule has 23 heavy (non-hydrogen) atoms. The minimum absolute atomic E-state index is 0.00140. The van der Waals surface area contributed by atoms with Gasteiger partial charge in [0, 0.05) is 6.54 Å². The smallest absolute Gasteiger partial charge is 0.227 e. The van der Waals surface area contributed by atoms with E-state index in [1.165, 1.54) is 5.56 Å². The number of ether oxygens (including phenoxy) is 1. The molecule has 1 aliphatic rings. The van der Waals surface area contributed by atoms with E-state index in [0.29, 0.717) is 12.5 Å². The Bertz CT molecular complexity index is 650. The highest BCUT2D eigenvalue weighted by Crippen LogP contribution is 2.42. The molecular formula is C20H23NO2. The van der Waals surface area contributed by atoms with Crippen molar-refractivity contribution < 1.29 is 9.53 Å². The molecule has 1 atom stereocenters. The summed E-state index contributed by atoms with van der Waals surface area (Å²) in [5.41, 5.74) is 2.31. The number of hydrogen-bond acceptors (Lipinski definition) is 2. The number of nitrogens with one attached hydrogen (secondary N) is 1. The fraction of sp³-hybridized carbons (Fsp3) is 0.350. The molecule has 1 saturated carbocycles. The number of rotatable bonds is 7. The van der Waals surface area contributed by atoms with Crippen molar-refractivity contribution >= 4 is 5.91 Å². The van der Waals surface area contributed by atoms with Crippen LogP contribution in [0.5, 0.6) is 5.75 Å². The van der Waals surface area contributed by atoms with Crippen molar-refractivity contribution in [2.75, 3.05) is 13.7 Å². The molecule has 0 radical (unpaired) electrons. The van der Waals surface area contributed by atoms with Crippen molar-refractivity contribution in [2.24, 2.45) is 5.92 Å². The average molecular weight is 309 g/mol. The van der Waals surface area contributed by atoms with Crippen LogP contribution in [0, 0.1) is 5.92 Å². The van der Waals surface area contributed by atoms with Crippen LogP contribution in [0.15, 0.2) is 54.6 Å². The minimum atomic E-state index is 0.00140. The van der Waals surface area contributed by atoms with E-state index in [0.717, 1.165) is 30.6 Å². The maximum Gasteiger partial charge on any atom is 0.227 e. The first-order chi connectivity index (χ1) is 11.3. The number of methoxy groups -OCH3 is 1. The van der Waals surface area contributed by atoms with Crippen molar-refractivity contribution in [1.82, 2.24) is 5.32 Å². The molecule has 0 spiro atoms. The summed E-state index contributed by atoms with van der Waals surface area (Å²) >= 11 is 0. The minimum Gasteiger partial charge on any atom is -0.497 e. The Kier molecular flexibility index (Phi) is 4.96. The number of amides is 1. The van der Waals surface area contributed by atoms with Crippen LogP contribution in [0.3, 0.4) is 0 Å². The summed E-state index contributed by atoms with van der Waals surface area (Å²) in [5, 5.41) is 3.11. The first kappa shape index (κ1) is 15.6. The molecule has 1 aliphatic carbocycles. The van der Waals surface area contributed by atoms with Gasteiger partial charge in [0.1, 0.15) is 5.75 Å². The number of hydrogen-bond donors (Lipinski definition) is 1. The first-order valence-corrected chi connectivity index (χ1v) is 8.23. The lowest BCUT2D eigenvalue weighted by Crippen LogP contribution is -2.32. The molecule has 1 N–H and O–H groups in total. The number of carbonyl (C=O) groups excluding carboxylic acids is 1. The second-order valence-corrected chi connectivity index (χ2v) is 6.12. The van der Waals surface area contributed by atoms with Crippen molar-refractivity contribution in [1.29, 1.82) is 0 Å². The molecular weight excluding hydrogens is 286 g/mol. The summed E-state index contributed by atoms with van der Waals surface area (Å²) in [6.45, 7) is 0.655. The third kappa shape index (κ3) is 4.13. The molecule has 3 nitrogen and oxygen atoms in total. The van der Waals surface area contributed by atoms with E-state index < -0.39 is 0 Å². The van der Waals surface area contributed by atoms with E-state index in [2.05, 4.69) is 23.5 Å². The fourth-order valence-corrected chi connectivity index (χ4v) is 3.00. The van der Waals surface area contributed by atoms with Gasteiger partial charge < -0.3 is 10.1 Å². The molecule has 1 fully saturated rings. The summed E-state index contributed by atoms with van der Waals surface area (Å²) in [6.07, 6.45) is 3.13. The average Bonchev–Trinajstić information content (AvgIpc) is 3.41. The second kappa shape index (κ2) is 7.32. The van der Waals surface area contributed by atoms with Gasteiger partial charge in [-0.2, -0.15) is 0 Å². The molecule has 2 aromatic carbocycles. The zero-order chi connectivity index (χ0) is 16.1. The normalized spacial score (nSPS) is 15.0. The van der Waals surface area contributed by atoms with Gasteiger partial charge in [-0.3, -0.25) is 4.79 Å². The Morgan fingerprint density at radius 3 is 2.65 bits per heavy atom. The Balaban J connectivity index is 1.57.